The highest BCUT2D eigenvalue weighted by Gasteiger charge is 2.17. The van der Waals surface area contributed by atoms with E-state index in [4.69, 9.17) is 0 Å². The smallest absolute Gasteiger partial charge is 0.00696 e. The van der Waals surface area contributed by atoms with Crippen LogP contribution in [0.25, 0.3) is 0 Å². The molecule has 0 amide bonds. The van der Waals surface area contributed by atoms with Crippen LogP contribution in [0, 0.1) is 12.8 Å². The van der Waals surface area contributed by atoms with Gasteiger partial charge in [0.2, 0.25) is 0 Å². The Bertz CT molecular complexity index is 399. The molecule has 1 nitrogen and oxygen atoms in total. The second-order valence-electron chi connectivity index (χ2n) is 6.91. The minimum absolute atomic E-state index is 0.633. The van der Waals surface area contributed by atoms with Gasteiger partial charge in [0, 0.05) is 12.1 Å². The predicted molar refractivity (Wildman–Crippen MR) is 88.1 cm³/mol. The zero-order valence-electron chi connectivity index (χ0n) is 13.5. The lowest BCUT2D eigenvalue weighted by Gasteiger charge is -2.22. The molecule has 0 spiro atoms. The van der Waals surface area contributed by atoms with Crippen molar-refractivity contribution in [2.24, 2.45) is 5.92 Å². The summed E-state index contributed by atoms with van der Waals surface area (Å²) in [4.78, 5) is 0. The third-order valence-corrected chi connectivity index (χ3v) is 4.73. The van der Waals surface area contributed by atoms with Gasteiger partial charge in [-0.25, -0.2) is 0 Å². The van der Waals surface area contributed by atoms with Crippen LogP contribution in [-0.4, -0.2) is 12.1 Å². The fourth-order valence-electron chi connectivity index (χ4n) is 3.39. The van der Waals surface area contributed by atoms with E-state index in [2.05, 4.69) is 50.4 Å². The van der Waals surface area contributed by atoms with Crippen molar-refractivity contribution in [1.82, 2.24) is 5.32 Å². The van der Waals surface area contributed by atoms with Gasteiger partial charge in [-0.3, -0.25) is 0 Å². The van der Waals surface area contributed by atoms with Crippen molar-refractivity contribution in [3.05, 3.63) is 35.4 Å². The number of hydrogen-bond acceptors (Lipinski definition) is 1. The molecule has 0 aromatic heterocycles. The maximum absolute atomic E-state index is 3.86. The summed E-state index contributed by atoms with van der Waals surface area (Å²) in [5, 5.41) is 3.86. The lowest BCUT2D eigenvalue weighted by Crippen LogP contribution is -2.36. The maximum atomic E-state index is 3.86. The van der Waals surface area contributed by atoms with E-state index in [1.165, 1.54) is 56.1 Å². The maximum Gasteiger partial charge on any atom is 0.00696 e. The molecule has 0 bridgehead atoms. The lowest BCUT2D eigenvalue weighted by atomic mass is 10.0. The molecule has 1 N–H and O–H groups in total. The fraction of sp³-hybridized carbons (Fsp3) is 0.684. The molecular formula is C19H31N. The Morgan fingerprint density at radius 3 is 2.85 bits per heavy atom. The molecule has 1 aliphatic rings. The van der Waals surface area contributed by atoms with E-state index in [-0.39, 0.29) is 0 Å². The summed E-state index contributed by atoms with van der Waals surface area (Å²) in [7, 11) is 0. The molecule has 3 atom stereocenters. The van der Waals surface area contributed by atoms with Crippen molar-refractivity contribution >= 4 is 0 Å². The Morgan fingerprint density at radius 2 is 2.05 bits per heavy atom. The molecule has 1 aromatic carbocycles. The van der Waals surface area contributed by atoms with Crippen LogP contribution in [0.3, 0.4) is 0 Å². The third kappa shape index (κ3) is 5.28. The van der Waals surface area contributed by atoms with E-state index in [1.807, 2.05) is 0 Å². The number of aryl methyl sites for hydroxylation is 2. The second kappa shape index (κ2) is 7.83. The summed E-state index contributed by atoms with van der Waals surface area (Å²) in [5.41, 5.74) is 2.86. The average Bonchev–Trinajstić information content (AvgIpc) is 2.62. The topological polar surface area (TPSA) is 12.0 Å². The minimum atomic E-state index is 0.633. The highest BCUT2D eigenvalue weighted by atomic mass is 14.9. The predicted octanol–water partition coefficient (Wildman–Crippen LogP) is 4.87. The normalized spacial score (nSPS) is 25.1. The van der Waals surface area contributed by atoms with Crippen molar-refractivity contribution < 1.29 is 0 Å². The first kappa shape index (κ1) is 15.6. The summed E-state index contributed by atoms with van der Waals surface area (Å²) < 4.78 is 0. The largest absolute Gasteiger partial charge is 0.311 e. The Morgan fingerprint density at radius 1 is 1.20 bits per heavy atom. The molecule has 112 valence electrons. The van der Waals surface area contributed by atoms with Gasteiger partial charge in [0.1, 0.15) is 0 Å². The Hall–Kier alpha value is -0.820. The summed E-state index contributed by atoms with van der Waals surface area (Å²) >= 11 is 0. The van der Waals surface area contributed by atoms with E-state index < -0.39 is 0 Å². The zero-order valence-corrected chi connectivity index (χ0v) is 13.5. The van der Waals surface area contributed by atoms with Crippen LogP contribution in [-0.2, 0) is 6.42 Å². The molecular weight excluding hydrogens is 242 g/mol. The standard InChI is InChI=1S/C19H31N/c1-15-6-5-9-19(13-10-15)20-17(3)11-12-18-8-4-7-16(2)14-18/h4,7-8,14-15,17,19-20H,5-6,9-13H2,1-3H3. The highest BCUT2D eigenvalue weighted by molar-refractivity contribution is 5.22. The van der Waals surface area contributed by atoms with E-state index in [1.54, 1.807) is 0 Å². The van der Waals surface area contributed by atoms with Crippen molar-refractivity contribution in [1.29, 1.82) is 0 Å². The molecule has 0 radical (unpaired) electrons. The molecule has 1 aliphatic carbocycles. The molecule has 20 heavy (non-hydrogen) atoms. The van der Waals surface area contributed by atoms with Crippen molar-refractivity contribution in [3.63, 3.8) is 0 Å². The van der Waals surface area contributed by atoms with Crippen molar-refractivity contribution in [2.75, 3.05) is 0 Å². The molecule has 0 saturated heterocycles. The molecule has 2 rings (SSSR count). The molecule has 0 heterocycles. The van der Waals surface area contributed by atoms with Gasteiger partial charge in [-0.05, 0) is 57.4 Å². The monoisotopic (exact) mass is 273 g/mol. The molecule has 0 aliphatic heterocycles. The van der Waals surface area contributed by atoms with Crippen molar-refractivity contribution in [3.8, 4) is 0 Å². The van der Waals surface area contributed by atoms with E-state index in [0.29, 0.717) is 6.04 Å². The Kier molecular flexibility index (Phi) is 6.09. The summed E-state index contributed by atoms with van der Waals surface area (Å²) in [5.74, 6) is 0.935. The first-order chi connectivity index (χ1) is 9.63. The van der Waals surface area contributed by atoms with Crippen LogP contribution >= 0.6 is 0 Å². The summed E-state index contributed by atoms with van der Waals surface area (Å²) in [6.45, 7) is 6.94. The Labute approximate surface area is 125 Å². The Balaban J connectivity index is 1.73. The third-order valence-electron chi connectivity index (χ3n) is 4.73. The van der Waals surface area contributed by atoms with Gasteiger partial charge in [0.25, 0.3) is 0 Å². The van der Waals surface area contributed by atoms with Crippen LogP contribution in [0.15, 0.2) is 24.3 Å². The summed E-state index contributed by atoms with van der Waals surface area (Å²) in [6.07, 6.45) is 9.42. The van der Waals surface area contributed by atoms with Gasteiger partial charge in [-0.2, -0.15) is 0 Å². The quantitative estimate of drug-likeness (QED) is 0.754. The van der Waals surface area contributed by atoms with E-state index in [0.717, 1.165) is 12.0 Å². The van der Waals surface area contributed by atoms with Gasteiger partial charge >= 0.3 is 0 Å². The zero-order chi connectivity index (χ0) is 14.4. The van der Waals surface area contributed by atoms with Gasteiger partial charge in [0.05, 0.1) is 0 Å². The van der Waals surface area contributed by atoms with Crippen LogP contribution < -0.4 is 5.32 Å². The first-order valence-electron chi connectivity index (χ1n) is 8.45. The fourth-order valence-corrected chi connectivity index (χ4v) is 3.39. The van der Waals surface area contributed by atoms with Gasteiger partial charge < -0.3 is 5.32 Å². The highest BCUT2D eigenvalue weighted by Crippen LogP contribution is 2.23. The van der Waals surface area contributed by atoms with Gasteiger partial charge in [-0.15, -0.1) is 0 Å². The van der Waals surface area contributed by atoms with E-state index in [9.17, 15) is 0 Å². The van der Waals surface area contributed by atoms with E-state index >= 15 is 0 Å². The number of hydrogen-bond donors (Lipinski definition) is 1. The van der Waals surface area contributed by atoms with Gasteiger partial charge in [-0.1, -0.05) is 49.6 Å². The van der Waals surface area contributed by atoms with Crippen LogP contribution in [0.2, 0.25) is 0 Å². The molecule has 1 saturated carbocycles. The number of benzene rings is 1. The van der Waals surface area contributed by atoms with Crippen LogP contribution in [0.1, 0.15) is 63.5 Å². The first-order valence-corrected chi connectivity index (χ1v) is 8.45. The SMILES string of the molecule is Cc1cccc(CCC(C)NC2CCCC(C)CC2)c1. The van der Waals surface area contributed by atoms with Gasteiger partial charge in [0.15, 0.2) is 0 Å². The average molecular weight is 273 g/mol. The lowest BCUT2D eigenvalue weighted by molar-refractivity contribution is 0.389. The number of rotatable bonds is 5. The van der Waals surface area contributed by atoms with Crippen LogP contribution in [0.4, 0.5) is 0 Å². The van der Waals surface area contributed by atoms with Crippen molar-refractivity contribution in [2.45, 2.75) is 77.8 Å². The molecule has 3 unspecified atom stereocenters. The number of nitrogens with one attached hydrogen (secondary N) is 1. The molecule has 1 heteroatoms. The minimum Gasteiger partial charge on any atom is -0.311 e. The molecule has 1 fully saturated rings. The second-order valence-corrected chi connectivity index (χ2v) is 6.91. The molecule has 1 aromatic rings. The summed E-state index contributed by atoms with van der Waals surface area (Å²) in [6, 6.07) is 10.3. The van der Waals surface area contributed by atoms with Crippen LogP contribution in [0.5, 0.6) is 0 Å².